The molecule has 13 heavy (non-hydrogen) atoms. The molecule has 0 aliphatic heterocycles. The number of hydrogen-bond acceptors (Lipinski definition) is 3. The van der Waals surface area contributed by atoms with E-state index in [9.17, 15) is 0 Å². The van der Waals surface area contributed by atoms with Gasteiger partial charge in [-0.2, -0.15) is 0 Å². The fourth-order valence-corrected chi connectivity index (χ4v) is 1.34. The van der Waals surface area contributed by atoms with Crippen molar-refractivity contribution in [1.82, 2.24) is 15.4 Å². The molecule has 0 aromatic carbocycles. The van der Waals surface area contributed by atoms with Crippen LogP contribution in [0.25, 0.3) is 0 Å². The normalized spacial score (nSPS) is 10.4. The molecule has 1 heterocycles. The molecule has 5 heteroatoms. The van der Waals surface area contributed by atoms with Crippen molar-refractivity contribution in [2.75, 3.05) is 0 Å². The Morgan fingerprint density at radius 3 is 2.62 bits per heavy atom. The Morgan fingerprint density at radius 1 is 1.15 bits per heavy atom. The van der Waals surface area contributed by atoms with E-state index in [0.717, 1.165) is 25.0 Å². The van der Waals surface area contributed by atoms with Gasteiger partial charge < -0.3 is 0 Å². The highest BCUT2D eigenvalue weighted by molar-refractivity contribution is 6.41. The maximum absolute atomic E-state index is 5.88. The second kappa shape index (κ2) is 5.35. The summed E-state index contributed by atoms with van der Waals surface area (Å²) in [5.74, 6) is 0. The molecule has 0 atom stereocenters. The van der Waals surface area contributed by atoms with Crippen LogP contribution in [0.1, 0.15) is 31.9 Å². The lowest BCUT2D eigenvalue weighted by atomic mass is 10.1. The van der Waals surface area contributed by atoms with Crippen LogP contribution in [0, 0.1) is 0 Å². The first-order valence-electron chi connectivity index (χ1n) is 4.29. The van der Waals surface area contributed by atoms with Gasteiger partial charge in [0.25, 0.3) is 0 Å². The third-order valence-electron chi connectivity index (χ3n) is 1.75. The second-order valence-electron chi connectivity index (χ2n) is 2.80. The van der Waals surface area contributed by atoms with Crippen molar-refractivity contribution in [2.24, 2.45) is 0 Å². The zero-order valence-electron chi connectivity index (χ0n) is 7.43. The van der Waals surface area contributed by atoms with Crippen LogP contribution in [0.5, 0.6) is 0 Å². The number of aromatic nitrogens is 3. The average molecular weight is 220 g/mol. The lowest BCUT2D eigenvalue weighted by Gasteiger charge is -2.01. The maximum atomic E-state index is 5.88. The minimum atomic E-state index is 0.239. The molecule has 0 aliphatic carbocycles. The predicted octanol–water partition coefficient (Wildman–Crippen LogP) is 2.91. The Bertz CT molecular complexity index is 278. The topological polar surface area (TPSA) is 38.7 Å². The monoisotopic (exact) mass is 219 g/mol. The van der Waals surface area contributed by atoms with Gasteiger partial charge in [0.05, 0.1) is 5.69 Å². The van der Waals surface area contributed by atoms with Crippen LogP contribution in [0.2, 0.25) is 10.2 Å². The van der Waals surface area contributed by atoms with Crippen molar-refractivity contribution >= 4 is 23.2 Å². The summed E-state index contributed by atoms with van der Waals surface area (Å²) < 4.78 is 0. The Kier molecular flexibility index (Phi) is 4.39. The maximum Gasteiger partial charge on any atom is 0.173 e. The van der Waals surface area contributed by atoms with Crippen molar-refractivity contribution < 1.29 is 0 Å². The number of hydrogen-bond donors (Lipinski definition) is 0. The largest absolute Gasteiger partial charge is 0.173 e. The Hall–Kier alpha value is -0.410. The highest BCUT2D eigenvalue weighted by Gasteiger charge is 2.07. The average Bonchev–Trinajstić information content (AvgIpc) is 2.13. The predicted molar refractivity (Wildman–Crippen MR) is 53.1 cm³/mol. The minimum Gasteiger partial charge on any atom is -0.134 e. The lowest BCUT2D eigenvalue weighted by Crippen LogP contribution is -1.97. The van der Waals surface area contributed by atoms with Gasteiger partial charge in [-0.1, -0.05) is 43.0 Å². The van der Waals surface area contributed by atoms with Gasteiger partial charge >= 0.3 is 0 Å². The molecule has 0 unspecified atom stereocenters. The molecule has 0 bridgehead atoms. The summed E-state index contributed by atoms with van der Waals surface area (Å²) in [5, 5.41) is 11.6. The first-order chi connectivity index (χ1) is 6.25. The summed E-state index contributed by atoms with van der Waals surface area (Å²) >= 11 is 11.6. The van der Waals surface area contributed by atoms with Gasteiger partial charge in [-0.15, -0.1) is 10.2 Å². The van der Waals surface area contributed by atoms with Gasteiger partial charge in [-0.3, -0.25) is 0 Å². The van der Waals surface area contributed by atoms with Gasteiger partial charge in [0.1, 0.15) is 5.02 Å². The summed E-state index contributed by atoms with van der Waals surface area (Å²) in [4.78, 5) is 0. The summed E-state index contributed by atoms with van der Waals surface area (Å²) in [6.07, 6.45) is 4.22. The summed E-state index contributed by atoms with van der Waals surface area (Å²) in [6.45, 7) is 2.15. The van der Waals surface area contributed by atoms with E-state index in [-0.39, 0.29) is 5.15 Å². The highest BCUT2D eigenvalue weighted by atomic mass is 35.5. The molecule has 0 spiro atoms. The Labute approximate surface area is 87.5 Å². The molecule has 1 aromatic heterocycles. The quantitative estimate of drug-likeness (QED) is 0.732. The molecular weight excluding hydrogens is 209 g/mol. The van der Waals surface area contributed by atoms with Crippen LogP contribution in [0.15, 0.2) is 0 Å². The van der Waals surface area contributed by atoms with E-state index in [0.29, 0.717) is 5.02 Å². The second-order valence-corrected chi connectivity index (χ2v) is 3.53. The van der Waals surface area contributed by atoms with Crippen molar-refractivity contribution in [1.29, 1.82) is 0 Å². The summed E-state index contributed by atoms with van der Waals surface area (Å²) in [6, 6.07) is 0. The van der Waals surface area contributed by atoms with E-state index in [1.807, 2.05) is 0 Å². The molecule has 0 fully saturated rings. The van der Waals surface area contributed by atoms with Crippen molar-refractivity contribution in [3.05, 3.63) is 15.9 Å². The number of nitrogens with zero attached hydrogens (tertiary/aromatic N) is 3. The number of halogens is 2. The van der Waals surface area contributed by atoms with Crippen LogP contribution < -0.4 is 0 Å². The SMILES string of the molecule is CCCCCc1nnnc(Cl)c1Cl. The highest BCUT2D eigenvalue weighted by Crippen LogP contribution is 2.21. The molecule has 1 rings (SSSR count). The Balaban J connectivity index is 2.61. The molecule has 0 saturated heterocycles. The van der Waals surface area contributed by atoms with E-state index < -0.39 is 0 Å². The first kappa shape index (κ1) is 10.7. The number of aryl methyl sites for hydroxylation is 1. The van der Waals surface area contributed by atoms with Gasteiger partial charge in [0.15, 0.2) is 5.15 Å². The molecule has 0 radical (unpaired) electrons. The van der Waals surface area contributed by atoms with Crippen molar-refractivity contribution in [3.8, 4) is 0 Å². The van der Waals surface area contributed by atoms with Gasteiger partial charge in [0.2, 0.25) is 0 Å². The third kappa shape index (κ3) is 3.08. The summed E-state index contributed by atoms with van der Waals surface area (Å²) in [5.41, 5.74) is 0.745. The van der Waals surface area contributed by atoms with Gasteiger partial charge in [0, 0.05) is 0 Å². The fraction of sp³-hybridized carbons (Fsp3) is 0.625. The molecule has 0 aliphatic rings. The minimum absolute atomic E-state index is 0.239. The zero-order valence-corrected chi connectivity index (χ0v) is 8.94. The van der Waals surface area contributed by atoms with Gasteiger partial charge in [-0.25, -0.2) is 0 Å². The van der Waals surface area contributed by atoms with Crippen LogP contribution in [-0.4, -0.2) is 15.4 Å². The first-order valence-corrected chi connectivity index (χ1v) is 5.04. The third-order valence-corrected chi connectivity index (χ3v) is 2.51. The van der Waals surface area contributed by atoms with Crippen LogP contribution in [-0.2, 0) is 6.42 Å². The molecule has 72 valence electrons. The smallest absolute Gasteiger partial charge is 0.134 e. The molecule has 0 amide bonds. The van der Waals surface area contributed by atoms with E-state index >= 15 is 0 Å². The van der Waals surface area contributed by atoms with Crippen molar-refractivity contribution in [2.45, 2.75) is 32.6 Å². The number of unbranched alkanes of at least 4 members (excludes halogenated alkanes) is 2. The Morgan fingerprint density at radius 2 is 1.92 bits per heavy atom. The number of rotatable bonds is 4. The lowest BCUT2D eigenvalue weighted by molar-refractivity contribution is 0.689. The zero-order chi connectivity index (χ0) is 9.68. The molecule has 0 N–H and O–H groups in total. The fourth-order valence-electron chi connectivity index (χ4n) is 1.02. The molecule has 1 aromatic rings. The van der Waals surface area contributed by atoms with E-state index in [1.165, 1.54) is 6.42 Å². The van der Waals surface area contributed by atoms with Crippen molar-refractivity contribution in [3.63, 3.8) is 0 Å². The molecule has 3 nitrogen and oxygen atoms in total. The standard InChI is InChI=1S/C8H11Cl2N3/c1-2-3-4-5-6-7(9)8(10)12-13-11-6/h2-5H2,1H3. The van der Waals surface area contributed by atoms with Gasteiger partial charge in [-0.05, 0) is 18.1 Å². The summed E-state index contributed by atoms with van der Waals surface area (Å²) in [7, 11) is 0. The van der Waals surface area contributed by atoms with E-state index in [1.54, 1.807) is 0 Å². The van der Waals surface area contributed by atoms with Crippen LogP contribution in [0.4, 0.5) is 0 Å². The van der Waals surface area contributed by atoms with Crippen LogP contribution in [0.3, 0.4) is 0 Å². The van der Waals surface area contributed by atoms with E-state index in [4.69, 9.17) is 23.2 Å². The van der Waals surface area contributed by atoms with E-state index in [2.05, 4.69) is 22.3 Å². The van der Waals surface area contributed by atoms with Crippen LogP contribution >= 0.6 is 23.2 Å². The molecular formula is C8H11Cl2N3. The molecule has 0 saturated carbocycles.